The summed E-state index contributed by atoms with van der Waals surface area (Å²) in [6.07, 6.45) is 0.678. The number of carbonyl (C=O) groups is 2. The second-order valence-electron chi connectivity index (χ2n) is 4.86. The van der Waals surface area contributed by atoms with Gasteiger partial charge in [-0.25, -0.2) is 0 Å². The van der Waals surface area contributed by atoms with Crippen LogP contribution in [0, 0.1) is 5.92 Å². The summed E-state index contributed by atoms with van der Waals surface area (Å²) in [6, 6.07) is 9.24. The summed E-state index contributed by atoms with van der Waals surface area (Å²) in [7, 11) is 0. The van der Waals surface area contributed by atoms with Gasteiger partial charge in [-0.05, 0) is 32.4 Å². The van der Waals surface area contributed by atoms with Crippen LogP contribution in [0.4, 0.5) is 0 Å². The minimum Gasteiger partial charge on any atom is -0.466 e. The molecule has 0 unspecified atom stereocenters. The first-order chi connectivity index (χ1) is 9.13. The van der Waals surface area contributed by atoms with Crippen molar-refractivity contribution in [3.8, 4) is 0 Å². The molecule has 2 atom stereocenters. The molecule has 19 heavy (non-hydrogen) atoms. The number of esters is 1. The van der Waals surface area contributed by atoms with E-state index in [1.54, 1.807) is 24.0 Å². The van der Waals surface area contributed by atoms with Crippen LogP contribution < -0.4 is 0 Å². The maximum atomic E-state index is 12.4. The molecule has 1 saturated heterocycles. The molecule has 1 aliphatic heterocycles. The fourth-order valence-corrected chi connectivity index (χ4v) is 2.49. The van der Waals surface area contributed by atoms with Crippen LogP contribution in [-0.2, 0) is 9.53 Å². The quantitative estimate of drug-likeness (QED) is 0.783. The number of hydrogen-bond donors (Lipinski definition) is 0. The summed E-state index contributed by atoms with van der Waals surface area (Å²) in [5, 5.41) is 0. The van der Waals surface area contributed by atoms with E-state index in [1.807, 2.05) is 25.1 Å². The van der Waals surface area contributed by atoms with E-state index in [4.69, 9.17) is 4.74 Å². The minimum absolute atomic E-state index is 0.0140. The van der Waals surface area contributed by atoms with Gasteiger partial charge >= 0.3 is 5.97 Å². The van der Waals surface area contributed by atoms with Gasteiger partial charge in [-0.3, -0.25) is 9.59 Å². The number of benzene rings is 1. The molecule has 0 aromatic heterocycles. The minimum atomic E-state index is -0.197. The molecule has 1 fully saturated rings. The average molecular weight is 261 g/mol. The third-order valence-corrected chi connectivity index (χ3v) is 3.48. The van der Waals surface area contributed by atoms with Crippen LogP contribution >= 0.6 is 0 Å². The van der Waals surface area contributed by atoms with E-state index in [0.717, 1.165) is 0 Å². The van der Waals surface area contributed by atoms with Gasteiger partial charge in [0.15, 0.2) is 0 Å². The van der Waals surface area contributed by atoms with Crippen molar-refractivity contribution in [1.29, 1.82) is 0 Å². The normalized spacial score (nSPS) is 22.3. The zero-order valence-corrected chi connectivity index (χ0v) is 11.3. The predicted octanol–water partition coefficient (Wildman–Crippen LogP) is 2.10. The number of nitrogens with zero attached hydrogens (tertiary/aromatic N) is 1. The van der Waals surface area contributed by atoms with Crippen molar-refractivity contribution in [2.24, 2.45) is 5.92 Å². The highest BCUT2D eigenvalue weighted by molar-refractivity contribution is 5.95. The highest BCUT2D eigenvalue weighted by atomic mass is 16.5. The van der Waals surface area contributed by atoms with Crippen molar-refractivity contribution in [3.63, 3.8) is 0 Å². The molecule has 1 heterocycles. The van der Waals surface area contributed by atoms with Crippen LogP contribution in [0.1, 0.15) is 30.6 Å². The fraction of sp³-hybridized carbons (Fsp3) is 0.467. The molecule has 4 heteroatoms. The third kappa shape index (κ3) is 2.95. The summed E-state index contributed by atoms with van der Waals surface area (Å²) in [5.41, 5.74) is 0.666. The zero-order valence-electron chi connectivity index (χ0n) is 11.3. The number of ether oxygens (including phenoxy) is 1. The second-order valence-corrected chi connectivity index (χ2v) is 4.86. The molecule has 0 saturated carbocycles. The lowest BCUT2D eigenvalue weighted by atomic mass is 10.1. The first kappa shape index (κ1) is 13.6. The van der Waals surface area contributed by atoms with Crippen molar-refractivity contribution in [1.82, 2.24) is 4.90 Å². The average Bonchev–Trinajstić information content (AvgIpc) is 2.81. The molecule has 1 aliphatic rings. The number of amides is 1. The topological polar surface area (TPSA) is 46.6 Å². The molecule has 102 valence electrons. The Balaban J connectivity index is 2.06. The summed E-state index contributed by atoms with van der Waals surface area (Å²) in [5.74, 6) is -0.403. The molecule has 0 spiro atoms. The van der Waals surface area contributed by atoms with Crippen LogP contribution in [-0.4, -0.2) is 36.0 Å². The summed E-state index contributed by atoms with van der Waals surface area (Å²) < 4.78 is 5.03. The van der Waals surface area contributed by atoms with Crippen LogP contribution in [0.5, 0.6) is 0 Å². The molecule has 0 radical (unpaired) electrons. The Bertz CT molecular complexity index is 458. The Hall–Kier alpha value is -1.84. The Morgan fingerprint density at radius 2 is 2.00 bits per heavy atom. The van der Waals surface area contributed by atoms with E-state index in [9.17, 15) is 9.59 Å². The number of carbonyl (C=O) groups excluding carboxylic acids is 2. The fourth-order valence-electron chi connectivity index (χ4n) is 2.49. The van der Waals surface area contributed by atoms with Crippen LogP contribution in [0.3, 0.4) is 0 Å². The maximum absolute atomic E-state index is 12.4. The van der Waals surface area contributed by atoms with Gasteiger partial charge in [0, 0.05) is 18.2 Å². The molecule has 0 N–H and O–H groups in total. The largest absolute Gasteiger partial charge is 0.466 e. The molecule has 2 rings (SSSR count). The van der Waals surface area contributed by atoms with Crippen LogP contribution in [0.2, 0.25) is 0 Å². The summed E-state index contributed by atoms with van der Waals surface area (Å²) in [6.45, 7) is 4.60. The van der Waals surface area contributed by atoms with Gasteiger partial charge in [-0.1, -0.05) is 18.2 Å². The zero-order chi connectivity index (χ0) is 13.8. The standard InChI is InChI=1S/C15H19NO3/c1-3-19-15(18)13-9-11(2)16(10-13)14(17)12-7-5-4-6-8-12/h4-8,11,13H,3,9-10H2,1-2H3/t11-,13-/m1/s1. The van der Waals surface area contributed by atoms with Gasteiger partial charge in [0.25, 0.3) is 5.91 Å². The lowest BCUT2D eigenvalue weighted by Gasteiger charge is -2.21. The SMILES string of the molecule is CCOC(=O)[C@@H]1C[C@@H](C)N(C(=O)c2ccccc2)C1. The van der Waals surface area contributed by atoms with Crippen molar-refractivity contribution in [3.05, 3.63) is 35.9 Å². The van der Waals surface area contributed by atoms with Gasteiger partial charge in [0.2, 0.25) is 0 Å². The number of likely N-dealkylation sites (tertiary alicyclic amines) is 1. The molecular formula is C15H19NO3. The highest BCUT2D eigenvalue weighted by Gasteiger charge is 2.37. The van der Waals surface area contributed by atoms with E-state index >= 15 is 0 Å². The van der Waals surface area contributed by atoms with Crippen molar-refractivity contribution >= 4 is 11.9 Å². The monoisotopic (exact) mass is 261 g/mol. The first-order valence-electron chi connectivity index (χ1n) is 6.66. The lowest BCUT2D eigenvalue weighted by Crippen LogP contribution is -2.34. The Kier molecular flexibility index (Phi) is 4.20. The molecule has 1 aromatic carbocycles. The van der Waals surface area contributed by atoms with Crippen LogP contribution in [0.15, 0.2) is 30.3 Å². The highest BCUT2D eigenvalue weighted by Crippen LogP contribution is 2.25. The van der Waals surface area contributed by atoms with Gasteiger partial charge in [-0.15, -0.1) is 0 Å². The Morgan fingerprint density at radius 1 is 1.32 bits per heavy atom. The van der Waals surface area contributed by atoms with Crippen molar-refractivity contribution in [2.75, 3.05) is 13.2 Å². The number of hydrogen-bond acceptors (Lipinski definition) is 3. The summed E-state index contributed by atoms with van der Waals surface area (Å²) in [4.78, 5) is 25.9. The van der Waals surface area contributed by atoms with Crippen molar-refractivity contribution < 1.29 is 14.3 Å². The van der Waals surface area contributed by atoms with E-state index < -0.39 is 0 Å². The van der Waals surface area contributed by atoms with E-state index in [-0.39, 0.29) is 23.8 Å². The van der Waals surface area contributed by atoms with Gasteiger partial charge in [-0.2, -0.15) is 0 Å². The molecule has 1 amide bonds. The number of rotatable bonds is 3. The molecule has 0 aliphatic carbocycles. The smallest absolute Gasteiger partial charge is 0.310 e. The predicted molar refractivity (Wildman–Crippen MR) is 71.7 cm³/mol. The molecule has 1 aromatic rings. The molecule has 0 bridgehead atoms. The maximum Gasteiger partial charge on any atom is 0.310 e. The molecule has 4 nitrogen and oxygen atoms in total. The van der Waals surface area contributed by atoms with Gasteiger partial charge < -0.3 is 9.64 Å². The van der Waals surface area contributed by atoms with Crippen LogP contribution in [0.25, 0.3) is 0 Å². The second kappa shape index (κ2) is 5.87. The van der Waals surface area contributed by atoms with E-state index in [0.29, 0.717) is 25.1 Å². The summed E-state index contributed by atoms with van der Waals surface area (Å²) >= 11 is 0. The van der Waals surface area contributed by atoms with Gasteiger partial charge in [0.1, 0.15) is 0 Å². The third-order valence-electron chi connectivity index (χ3n) is 3.48. The van der Waals surface area contributed by atoms with E-state index in [2.05, 4.69) is 0 Å². The van der Waals surface area contributed by atoms with Gasteiger partial charge in [0.05, 0.1) is 12.5 Å². The first-order valence-corrected chi connectivity index (χ1v) is 6.66. The Labute approximate surface area is 113 Å². The Morgan fingerprint density at radius 3 is 2.63 bits per heavy atom. The lowest BCUT2D eigenvalue weighted by molar-refractivity contribution is -0.147. The van der Waals surface area contributed by atoms with Crippen molar-refractivity contribution in [2.45, 2.75) is 26.3 Å². The molecular weight excluding hydrogens is 242 g/mol. The van der Waals surface area contributed by atoms with E-state index in [1.165, 1.54) is 0 Å².